The molecule has 0 saturated carbocycles. The molecule has 33 heavy (non-hydrogen) atoms. The van der Waals surface area contributed by atoms with E-state index in [-0.39, 0.29) is 11.7 Å². The van der Waals surface area contributed by atoms with Gasteiger partial charge in [0.05, 0.1) is 7.11 Å². The highest BCUT2D eigenvalue weighted by atomic mass is 19.1. The molecule has 0 N–H and O–H groups in total. The highest BCUT2D eigenvalue weighted by Gasteiger charge is 2.23. The average molecular weight is 449 g/mol. The van der Waals surface area contributed by atoms with Gasteiger partial charge in [-0.05, 0) is 79.6 Å². The van der Waals surface area contributed by atoms with E-state index in [1.54, 1.807) is 25.3 Å². The Labute approximate surface area is 194 Å². The van der Waals surface area contributed by atoms with Gasteiger partial charge in [0.15, 0.2) is 0 Å². The van der Waals surface area contributed by atoms with E-state index in [4.69, 9.17) is 9.47 Å². The Bertz CT molecular complexity index is 1120. The third-order valence-corrected chi connectivity index (χ3v) is 6.16. The van der Waals surface area contributed by atoms with Crippen LogP contribution in [0.25, 0.3) is 0 Å². The number of piperazine rings is 1. The second-order valence-electron chi connectivity index (χ2n) is 8.32. The molecular weight excluding hydrogens is 419 g/mol. The van der Waals surface area contributed by atoms with Crippen molar-refractivity contribution in [2.24, 2.45) is 0 Å². The van der Waals surface area contributed by atoms with Crippen LogP contribution in [0.2, 0.25) is 0 Å². The first-order valence-corrected chi connectivity index (χ1v) is 11.1. The molecule has 0 aromatic heterocycles. The maximum atomic E-state index is 13.2. The lowest BCUT2D eigenvalue weighted by Gasteiger charge is -2.36. The molecule has 0 spiro atoms. The van der Waals surface area contributed by atoms with Crippen molar-refractivity contribution >= 4 is 11.6 Å². The average Bonchev–Trinajstić information content (AvgIpc) is 2.84. The van der Waals surface area contributed by atoms with Gasteiger partial charge < -0.3 is 19.3 Å². The van der Waals surface area contributed by atoms with Gasteiger partial charge in [0.1, 0.15) is 23.9 Å². The highest BCUT2D eigenvalue weighted by molar-refractivity contribution is 5.94. The van der Waals surface area contributed by atoms with Gasteiger partial charge in [0, 0.05) is 43.0 Å². The predicted molar refractivity (Wildman–Crippen MR) is 128 cm³/mol. The van der Waals surface area contributed by atoms with Gasteiger partial charge in [-0.3, -0.25) is 4.79 Å². The summed E-state index contributed by atoms with van der Waals surface area (Å²) in [6.07, 6.45) is 0. The Morgan fingerprint density at radius 3 is 2.30 bits per heavy atom. The molecule has 1 aliphatic rings. The molecule has 6 heteroatoms. The zero-order valence-corrected chi connectivity index (χ0v) is 19.3. The van der Waals surface area contributed by atoms with Gasteiger partial charge in [-0.15, -0.1) is 0 Å². The first-order valence-electron chi connectivity index (χ1n) is 11.1. The smallest absolute Gasteiger partial charge is 0.253 e. The van der Waals surface area contributed by atoms with Crippen LogP contribution in [0.15, 0.2) is 60.7 Å². The van der Waals surface area contributed by atoms with Crippen molar-refractivity contribution in [3.05, 3.63) is 88.7 Å². The Morgan fingerprint density at radius 1 is 0.909 bits per heavy atom. The Kier molecular flexibility index (Phi) is 6.82. The van der Waals surface area contributed by atoms with Crippen LogP contribution in [-0.4, -0.2) is 44.1 Å². The Balaban J connectivity index is 1.42. The third-order valence-electron chi connectivity index (χ3n) is 6.16. The number of methoxy groups -OCH3 is 1. The monoisotopic (exact) mass is 448 g/mol. The van der Waals surface area contributed by atoms with E-state index in [1.165, 1.54) is 23.3 Å². The van der Waals surface area contributed by atoms with Crippen LogP contribution in [0.3, 0.4) is 0 Å². The number of hydrogen-bond donors (Lipinski definition) is 0. The maximum Gasteiger partial charge on any atom is 0.253 e. The fourth-order valence-electron chi connectivity index (χ4n) is 3.99. The van der Waals surface area contributed by atoms with E-state index < -0.39 is 0 Å². The molecule has 0 radical (unpaired) electrons. The largest absolute Gasteiger partial charge is 0.496 e. The van der Waals surface area contributed by atoms with E-state index in [0.717, 1.165) is 17.0 Å². The van der Waals surface area contributed by atoms with Crippen molar-refractivity contribution in [2.45, 2.75) is 20.5 Å². The number of benzene rings is 3. The van der Waals surface area contributed by atoms with Crippen LogP contribution >= 0.6 is 0 Å². The van der Waals surface area contributed by atoms with E-state index >= 15 is 0 Å². The number of aryl methyl sites for hydroxylation is 2. The van der Waals surface area contributed by atoms with Crippen molar-refractivity contribution in [1.82, 2.24) is 4.90 Å². The molecule has 4 rings (SSSR count). The minimum Gasteiger partial charge on any atom is -0.496 e. The summed E-state index contributed by atoms with van der Waals surface area (Å²) in [4.78, 5) is 17.2. The van der Waals surface area contributed by atoms with Crippen LogP contribution in [0.4, 0.5) is 10.1 Å². The van der Waals surface area contributed by atoms with Gasteiger partial charge in [-0.25, -0.2) is 4.39 Å². The van der Waals surface area contributed by atoms with Crippen LogP contribution in [0.5, 0.6) is 11.5 Å². The molecule has 5 nitrogen and oxygen atoms in total. The molecule has 0 atom stereocenters. The minimum absolute atomic E-state index is 0.0103. The number of ether oxygens (including phenoxy) is 2. The van der Waals surface area contributed by atoms with Crippen molar-refractivity contribution in [1.29, 1.82) is 0 Å². The van der Waals surface area contributed by atoms with Crippen LogP contribution in [-0.2, 0) is 6.61 Å². The summed E-state index contributed by atoms with van der Waals surface area (Å²) in [5.41, 5.74) is 4.80. The lowest BCUT2D eigenvalue weighted by atomic mass is 10.1. The molecule has 1 fully saturated rings. The van der Waals surface area contributed by atoms with Crippen LogP contribution < -0.4 is 14.4 Å². The summed E-state index contributed by atoms with van der Waals surface area (Å²) in [5.74, 6) is 1.22. The van der Waals surface area contributed by atoms with Crippen molar-refractivity contribution in [3.8, 4) is 11.5 Å². The molecule has 1 saturated heterocycles. The molecule has 1 aliphatic heterocycles. The fourth-order valence-corrected chi connectivity index (χ4v) is 3.99. The van der Waals surface area contributed by atoms with Crippen molar-refractivity contribution in [3.63, 3.8) is 0 Å². The van der Waals surface area contributed by atoms with E-state index in [2.05, 4.69) is 18.7 Å². The fraction of sp³-hybridized carbons (Fsp3) is 0.296. The van der Waals surface area contributed by atoms with E-state index in [0.29, 0.717) is 44.1 Å². The summed E-state index contributed by atoms with van der Waals surface area (Å²) >= 11 is 0. The summed E-state index contributed by atoms with van der Waals surface area (Å²) in [7, 11) is 1.62. The van der Waals surface area contributed by atoms with Gasteiger partial charge in [0.25, 0.3) is 5.91 Å². The number of nitrogens with zero attached hydrogens (tertiary/aromatic N) is 2. The second-order valence-corrected chi connectivity index (χ2v) is 8.32. The number of anilines is 1. The Morgan fingerprint density at radius 2 is 1.64 bits per heavy atom. The molecule has 0 aliphatic carbocycles. The molecular formula is C27H29FN2O3. The second kappa shape index (κ2) is 9.94. The topological polar surface area (TPSA) is 42.0 Å². The van der Waals surface area contributed by atoms with Crippen molar-refractivity contribution in [2.75, 3.05) is 38.2 Å². The summed E-state index contributed by atoms with van der Waals surface area (Å²) < 4.78 is 24.7. The SMILES string of the molecule is COc1ccc(C(=O)N2CCN(c3ccc(F)cc3)CC2)cc1COc1ccc(C)c(C)c1. The molecule has 0 bridgehead atoms. The molecule has 1 amide bonds. The summed E-state index contributed by atoms with van der Waals surface area (Å²) in [6, 6.07) is 18.0. The maximum absolute atomic E-state index is 13.2. The number of carbonyl (C=O) groups is 1. The molecule has 3 aromatic carbocycles. The third kappa shape index (κ3) is 5.28. The quantitative estimate of drug-likeness (QED) is 0.533. The standard InChI is InChI=1S/C27H29FN2O3/c1-19-4-10-25(16-20(19)2)33-18-22-17-21(5-11-26(22)32-3)27(31)30-14-12-29(13-15-30)24-8-6-23(28)7-9-24/h4-11,16-17H,12-15,18H2,1-3H3. The van der Waals surface area contributed by atoms with Gasteiger partial charge in [0.2, 0.25) is 0 Å². The lowest BCUT2D eigenvalue weighted by Crippen LogP contribution is -2.48. The van der Waals surface area contributed by atoms with Gasteiger partial charge in [-0.1, -0.05) is 6.07 Å². The van der Waals surface area contributed by atoms with Crippen molar-refractivity contribution < 1.29 is 18.7 Å². The van der Waals surface area contributed by atoms with Gasteiger partial charge in [-0.2, -0.15) is 0 Å². The first-order chi connectivity index (χ1) is 15.9. The minimum atomic E-state index is -0.246. The number of rotatable bonds is 6. The molecule has 3 aromatic rings. The normalized spacial score (nSPS) is 13.7. The molecule has 1 heterocycles. The first kappa shape index (κ1) is 22.6. The number of carbonyl (C=O) groups excluding carboxylic acids is 1. The zero-order chi connectivity index (χ0) is 23.4. The number of amides is 1. The van der Waals surface area contributed by atoms with Gasteiger partial charge >= 0.3 is 0 Å². The summed E-state index contributed by atoms with van der Waals surface area (Å²) in [6.45, 7) is 7.06. The Hall–Kier alpha value is -3.54. The predicted octanol–water partition coefficient (Wildman–Crippen LogP) is 4.99. The molecule has 172 valence electrons. The van der Waals surface area contributed by atoms with Crippen LogP contribution in [0.1, 0.15) is 27.0 Å². The van der Waals surface area contributed by atoms with E-state index in [9.17, 15) is 9.18 Å². The summed E-state index contributed by atoms with van der Waals surface area (Å²) in [5, 5.41) is 0. The van der Waals surface area contributed by atoms with Crippen LogP contribution in [0, 0.1) is 19.7 Å². The zero-order valence-electron chi connectivity index (χ0n) is 19.3. The number of hydrogen-bond acceptors (Lipinski definition) is 4. The van der Waals surface area contributed by atoms with E-state index in [1.807, 2.05) is 35.2 Å². The number of halogens is 1. The lowest BCUT2D eigenvalue weighted by molar-refractivity contribution is 0.0746. The highest BCUT2D eigenvalue weighted by Crippen LogP contribution is 2.25. The molecule has 0 unspecified atom stereocenters.